The molecule has 0 amide bonds. The number of carbonyl (C=O) groups is 1. The quantitative estimate of drug-likeness (QED) is 0.287. The third-order valence-electron chi connectivity index (χ3n) is 4.64. The van der Waals surface area contributed by atoms with Crippen LogP contribution in [0.1, 0.15) is 28.4 Å². The van der Waals surface area contributed by atoms with Crippen LogP contribution in [0.2, 0.25) is 0 Å². The van der Waals surface area contributed by atoms with Crippen LogP contribution in [0.4, 0.5) is 5.69 Å². The van der Waals surface area contributed by atoms with Crippen LogP contribution in [0.3, 0.4) is 0 Å². The maximum atomic E-state index is 12.9. The number of fused-ring (bicyclic) bond motifs is 1. The molecule has 0 radical (unpaired) electrons. The zero-order valence-corrected chi connectivity index (χ0v) is 14.8. The molecule has 28 heavy (non-hydrogen) atoms. The van der Waals surface area contributed by atoms with Gasteiger partial charge in [0.05, 0.1) is 16.5 Å². The van der Waals surface area contributed by atoms with E-state index in [1.807, 2.05) is 42.5 Å². The van der Waals surface area contributed by atoms with Crippen molar-refractivity contribution in [2.24, 2.45) is 0 Å². The Morgan fingerprint density at radius 1 is 0.964 bits per heavy atom. The molecule has 4 aromatic rings. The van der Waals surface area contributed by atoms with E-state index in [4.69, 9.17) is 0 Å². The lowest BCUT2D eigenvalue weighted by atomic mass is 9.97. The summed E-state index contributed by atoms with van der Waals surface area (Å²) in [6, 6.07) is 22.3. The lowest BCUT2D eigenvalue weighted by Gasteiger charge is -2.18. The van der Waals surface area contributed by atoms with Crippen molar-refractivity contribution in [2.45, 2.75) is 12.5 Å². The zero-order chi connectivity index (χ0) is 19.5. The minimum atomic E-state index is -0.446. The van der Waals surface area contributed by atoms with Crippen LogP contribution in [0.15, 0.2) is 78.9 Å². The van der Waals surface area contributed by atoms with Crippen molar-refractivity contribution in [3.8, 4) is 0 Å². The molecule has 0 bridgehead atoms. The molecule has 1 aromatic heterocycles. The van der Waals surface area contributed by atoms with Crippen LogP contribution >= 0.6 is 0 Å². The Morgan fingerprint density at radius 3 is 2.36 bits per heavy atom. The summed E-state index contributed by atoms with van der Waals surface area (Å²) in [5.74, 6) is -0.0384. The highest BCUT2D eigenvalue weighted by atomic mass is 16.6. The number of nitro groups is 1. The van der Waals surface area contributed by atoms with Gasteiger partial charge in [0, 0.05) is 24.1 Å². The third kappa shape index (κ3) is 3.37. The predicted molar refractivity (Wildman–Crippen MR) is 104 cm³/mol. The summed E-state index contributed by atoms with van der Waals surface area (Å²) in [4.78, 5) is 23.4. The Kier molecular flexibility index (Phi) is 4.63. The molecule has 0 saturated carbocycles. The molecule has 1 unspecified atom stereocenters. The van der Waals surface area contributed by atoms with Crippen LogP contribution in [0, 0.1) is 10.1 Å². The number of non-ortho nitro benzene ring substituents is 1. The fraction of sp³-hybridized carbons (Fsp3) is 0.0952. The largest absolute Gasteiger partial charge is 0.294 e. The summed E-state index contributed by atoms with van der Waals surface area (Å²) in [5.41, 5.74) is 2.89. The van der Waals surface area contributed by atoms with Gasteiger partial charge in [0.15, 0.2) is 5.78 Å². The molecule has 3 aromatic carbocycles. The van der Waals surface area contributed by atoms with Crippen molar-refractivity contribution in [2.75, 3.05) is 0 Å². The number of benzene rings is 3. The van der Waals surface area contributed by atoms with Crippen molar-refractivity contribution in [1.82, 2.24) is 15.0 Å². The maximum Gasteiger partial charge on any atom is 0.269 e. The fourth-order valence-corrected chi connectivity index (χ4v) is 3.20. The van der Waals surface area contributed by atoms with E-state index in [1.165, 1.54) is 12.1 Å². The maximum absolute atomic E-state index is 12.9. The Bertz CT molecular complexity index is 1140. The summed E-state index contributed by atoms with van der Waals surface area (Å²) < 4.78 is 1.71. The van der Waals surface area contributed by atoms with E-state index >= 15 is 0 Å². The molecule has 0 aliphatic carbocycles. The Hall–Kier alpha value is -3.87. The minimum Gasteiger partial charge on any atom is -0.294 e. The summed E-state index contributed by atoms with van der Waals surface area (Å²) in [6.45, 7) is 0. The smallest absolute Gasteiger partial charge is 0.269 e. The van der Waals surface area contributed by atoms with E-state index in [-0.39, 0.29) is 17.9 Å². The molecule has 7 nitrogen and oxygen atoms in total. The van der Waals surface area contributed by atoms with E-state index in [0.717, 1.165) is 16.6 Å². The van der Waals surface area contributed by atoms with E-state index in [9.17, 15) is 14.9 Å². The van der Waals surface area contributed by atoms with Gasteiger partial charge in [-0.1, -0.05) is 59.8 Å². The van der Waals surface area contributed by atoms with E-state index in [2.05, 4.69) is 10.3 Å². The summed E-state index contributed by atoms with van der Waals surface area (Å²) >= 11 is 0. The number of Topliss-reactive ketones (excluding diaryl/α,β-unsaturated/α-hetero) is 1. The first-order valence-corrected chi connectivity index (χ1v) is 8.76. The number of ketones is 1. The summed E-state index contributed by atoms with van der Waals surface area (Å²) in [5, 5.41) is 19.4. The van der Waals surface area contributed by atoms with Crippen LogP contribution < -0.4 is 0 Å². The van der Waals surface area contributed by atoms with Crippen LogP contribution in [0.5, 0.6) is 0 Å². The van der Waals surface area contributed by atoms with Gasteiger partial charge in [-0.25, -0.2) is 4.68 Å². The molecular formula is C21H16N4O3. The van der Waals surface area contributed by atoms with Gasteiger partial charge in [0.25, 0.3) is 5.69 Å². The Labute approximate surface area is 160 Å². The van der Waals surface area contributed by atoms with Gasteiger partial charge in [-0.2, -0.15) is 0 Å². The van der Waals surface area contributed by atoms with Crippen molar-refractivity contribution in [3.05, 3.63) is 100 Å². The highest BCUT2D eigenvalue weighted by Gasteiger charge is 2.23. The number of nitro benzene ring substituents is 1. The number of para-hydroxylation sites is 1. The second-order valence-corrected chi connectivity index (χ2v) is 6.38. The molecule has 1 atom stereocenters. The lowest BCUT2D eigenvalue weighted by Crippen LogP contribution is -2.17. The average molecular weight is 372 g/mol. The number of hydrogen-bond donors (Lipinski definition) is 0. The highest BCUT2D eigenvalue weighted by Crippen LogP contribution is 2.28. The van der Waals surface area contributed by atoms with E-state index in [0.29, 0.717) is 5.56 Å². The first kappa shape index (κ1) is 17.5. The van der Waals surface area contributed by atoms with Crippen LogP contribution in [-0.2, 0) is 0 Å². The van der Waals surface area contributed by atoms with Gasteiger partial charge < -0.3 is 0 Å². The predicted octanol–water partition coefficient (Wildman–Crippen LogP) is 4.20. The molecule has 0 aliphatic heterocycles. The number of aromatic nitrogens is 3. The summed E-state index contributed by atoms with van der Waals surface area (Å²) in [6.07, 6.45) is 0.162. The number of hydrogen-bond acceptors (Lipinski definition) is 5. The number of carbonyl (C=O) groups excluding carboxylic acids is 1. The molecule has 0 aliphatic rings. The fourth-order valence-electron chi connectivity index (χ4n) is 3.20. The van der Waals surface area contributed by atoms with Gasteiger partial charge >= 0.3 is 0 Å². The second kappa shape index (κ2) is 7.40. The molecule has 1 heterocycles. The lowest BCUT2D eigenvalue weighted by molar-refractivity contribution is -0.384. The molecule has 0 spiro atoms. The Morgan fingerprint density at radius 2 is 1.64 bits per heavy atom. The van der Waals surface area contributed by atoms with Gasteiger partial charge in [0.1, 0.15) is 5.52 Å². The van der Waals surface area contributed by atoms with Crippen molar-refractivity contribution >= 4 is 22.5 Å². The molecular weight excluding hydrogens is 356 g/mol. The number of nitrogens with zero attached hydrogens (tertiary/aromatic N) is 4. The molecule has 0 N–H and O–H groups in total. The second-order valence-electron chi connectivity index (χ2n) is 6.38. The Balaban J connectivity index is 1.76. The average Bonchev–Trinajstić information content (AvgIpc) is 3.16. The number of rotatable bonds is 6. The third-order valence-corrected chi connectivity index (χ3v) is 4.64. The molecule has 0 fully saturated rings. The van der Waals surface area contributed by atoms with E-state index < -0.39 is 11.0 Å². The van der Waals surface area contributed by atoms with Crippen molar-refractivity contribution in [3.63, 3.8) is 0 Å². The normalized spacial score (nSPS) is 12.0. The molecule has 7 heteroatoms. The van der Waals surface area contributed by atoms with Gasteiger partial charge in [-0.3, -0.25) is 14.9 Å². The first-order chi connectivity index (χ1) is 13.6. The van der Waals surface area contributed by atoms with Crippen molar-refractivity contribution in [1.29, 1.82) is 0 Å². The summed E-state index contributed by atoms with van der Waals surface area (Å²) in [7, 11) is 0. The topological polar surface area (TPSA) is 90.9 Å². The molecule has 138 valence electrons. The molecule has 4 rings (SSSR count). The minimum absolute atomic E-state index is 0.000310. The van der Waals surface area contributed by atoms with Crippen LogP contribution in [-0.4, -0.2) is 25.7 Å². The van der Waals surface area contributed by atoms with Gasteiger partial charge in [-0.05, 0) is 17.7 Å². The highest BCUT2D eigenvalue weighted by molar-refractivity contribution is 5.96. The van der Waals surface area contributed by atoms with Crippen LogP contribution in [0.25, 0.3) is 11.0 Å². The monoisotopic (exact) mass is 372 g/mol. The van der Waals surface area contributed by atoms with Gasteiger partial charge in [0.2, 0.25) is 0 Å². The molecule has 0 saturated heterocycles. The standard InChI is InChI=1S/C21H16N4O3/c26-21(16-6-2-1-3-7-16)14-20(15-10-12-17(13-11-15)25(27)28)24-19-9-5-4-8-18(19)22-23-24/h1-13,20H,14H2. The van der Waals surface area contributed by atoms with Gasteiger partial charge in [-0.15, -0.1) is 5.10 Å². The zero-order valence-electron chi connectivity index (χ0n) is 14.8. The first-order valence-electron chi connectivity index (χ1n) is 8.76. The van der Waals surface area contributed by atoms with Crippen molar-refractivity contribution < 1.29 is 9.72 Å². The van der Waals surface area contributed by atoms with E-state index in [1.54, 1.807) is 28.9 Å². The SMILES string of the molecule is O=C(CC(c1ccc([N+](=O)[O-])cc1)n1nnc2ccccc21)c1ccccc1.